The Morgan fingerprint density at radius 3 is 2.55 bits per heavy atom. The van der Waals surface area contributed by atoms with E-state index in [0.717, 1.165) is 50.9 Å². The van der Waals surface area contributed by atoms with Gasteiger partial charge in [-0.25, -0.2) is 0 Å². The second kappa shape index (κ2) is 12.7. The van der Waals surface area contributed by atoms with Gasteiger partial charge in [0.1, 0.15) is 5.75 Å². The van der Waals surface area contributed by atoms with Gasteiger partial charge in [-0.1, -0.05) is 18.2 Å². The lowest BCUT2D eigenvalue weighted by Gasteiger charge is -2.30. The quantitative estimate of drug-likeness (QED) is 0.338. The largest absolute Gasteiger partial charge is 0.496 e. The van der Waals surface area contributed by atoms with Crippen LogP contribution in [0.4, 0.5) is 0 Å². The van der Waals surface area contributed by atoms with Crippen LogP contribution in [0.2, 0.25) is 0 Å². The lowest BCUT2D eigenvalue weighted by Crippen LogP contribution is -2.43. The molecule has 1 aromatic rings. The van der Waals surface area contributed by atoms with E-state index in [1.54, 1.807) is 7.11 Å². The molecule has 1 atom stereocenters. The number of benzene rings is 1. The summed E-state index contributed by atoms with van der Waals surface area (Å²) in [6, 6.07) is 9.27. The molecule has 1 heterocycles. The molecule has 0 amide bonds. The van der Waals surface area contributed by atoms with Gasteiger partial charge in [0.2, 0.25) is 0 Å². The Labute approximate surface area is 177 Å². The molecule has 0 aliphatic carbocycles. The van der Waals surface area contributed by atoms with Crippen LogP contribution < -0.4 is 15.4 Å². The third kappa shape index (κ3) is 7.52. The van der Waals surface area contributed by atoms with Crippen molar-refractivity contribution in [3.63, 3.8) is 0 Å². The number of aliphatic imine (C=N–C) groups is 1. The summed E-state index contributed by atoms with van der Waals surface area (Å²) in [5.41, 5.74) is 1.25. The Balaban J connectivity index is 1.87. The first-order valence-corrected chi connectivity index (χ1v) is 11.1. The Morgan fingerprint density at radius 2 is 1.90 bits per heavy atom. The molecule has 2 N–H and O–H groups in total. The van der Waals surface area contributed by atoms with Gasteiger partial charge >= 0.3 is 0 Å². The molecular weight excluding hydrogens is 362 g/mol. The van der Waals surface area contributed by atoms with Gasteiger partial charge in [0.15, 0.2) is 5.96 Å². The fourth-order valence-corrected chi connectivity index (χ4v) is 3.80. The van der Waals surface area contributed by atoms with Gasteiger partial charge in [-0.15, -0.1) is 0 Å². The number of para-hydroxylation sites is 1. The van der Waals surface area contributed by atoms with E-state index >= 15 is 0 Å². The number of likely N-dealkylation sites (tertiary alicyclic amines) is 1. The number of ether oxygens (including phenoxy) is 1. The average molecular weight is 404 g/mol. The molecule has 1 aliphatic heterocycles. The molecule has 0 spiro atoms. The lowest BCUT2D eigenvalue weighted by molar-refractivity contribution is 0.239. The maximum atomic E-state index is 5.64. The van der Waals surface area contributed by atoms with Crippen molar-refractivity contribution in [1.82, 2.24) is 20.4 Å². The second-order valence-corrected chi connectivity index (χ2v) is 8.16. The first kappa shape index (κ1) is 23.5. The summed E-state index contributed by atoms with van der Waals surface area (Å²) in [6.07, 6.45) is 4.86. The van der Waals surface area contributed by atoms with Crippen molar-refractivity contribution in [2.45, 2.75) is 51.6 Å². The van der Waals surface area contributed by atoms with E-state index in [1.807, 2.05) is 13.1 Å². The number of unbranched alkanes of at least 4 members (excludes halogenated alkanes) is 1. The number of hydrogen-bond acceptors (Lipinski definition) is 4. The summed E-state index contributed by atoms with van der Waals surface area (Å²) < 4.78 is 5.64. The van der Waals surface area contributed by atoms with Gasteiger partial charge in [-0.3, -0.25) is 9.89 Å². The predicted octanol–water partition coefficient (Wildman–Crippen LogP) is 3.12. The molecule has 6 nitrogen and oxygen atoms in total. The predicted molar refractivity (Wildman–Crippen MR) is 123 cm³/mol. The maximum absolute atomic E-state index is 5.64. The molecule has 29 heavy (non-hydrogen) atoms. The zero-order valence-electron chi connectivity index (χ0n) is 19.1. The highest BCUT2D eigenvalue weighted by molar-refractivity contribution is 5.79. The molecule has 2 rings (SSSR count). The second-order valence-electron chi connectivity index (χ2n) is 8.16. The number of hydrogen-bond donors (Lipinski definition) is 2. The molecule has 1 saturated heterocycles. The number of methoxy groups -OCH3 is 1. The number of guanidine groups is 1. The van der Waals surface area contributed by atoms with E-state index in [4.69, 9.17) is 4.74 Å². The van der Waals surface area contributed by atoms with E-state index in [2.05, 4.69) is 64.5 Å². The van der Waals surface area contributed by atoms with Gasteiger partial charge in [0.25, 0.3) is 0 Å². The summed E-state index contributed by atoms with van der Waals surface area (Å²) >= 11 is 0. The Bertz CT molecular complexity index is 613. The summed E-state index contributed by atoms with van der Waals surface area (Å²) in [5, 5.41) is 7.01. The minimum atomic E-state index is 0.284. The molecule has 1 fully saturated rings. The van der Waals surface area contributed by atoms with Crippen molar-refractivity contribution < 1.29 is 4.74 Å². The van der Waals surface area contributed by atoms with Crippen molar-refractivity contribution in [3.8, 4) is 5.75 Å². The van der Waals surface area contributed by atoms with Crippen LogP contribution in [0.15, 0.2) is 29.3 Å². The maximum Gasteiger partial charge on any atom is 0.191 e. The number of nitrogens with one attached hydrogen (secondary N) is 2. The van der Waals surface area contributed by atoms with Crippen molar-refractivity contribution in [1.29, 1.82) is 0 Å². The normalized spacial score (nSPS) is 16.4. The van der Waals surface area contributed by atoms with Gasteiger partial charge < -0.3 is 20.3 Å². The third-order valence-electron chi connectivity index (χ3n) is 5.88. The van der Waals surface area contributed by atoms with Crippen LogP contribution in [0.25, 0.3) is 0 Å². The van der Waals surface area contributed by atoms with Crippen LogP contribution in [-0.2, 0) is 0 Å². The summed E-state index contributed by atoms with van der Waals surface area (Å²) in [7, 11) is 5.79. The van der Waals surface area contributed by atoms with Gasteiger partial charge in [0, 0.05) is 31.7 Å². The molecule has 1 aliphatic rings. The van der Waals surface area contributed by atoms with Gasteiger partial charge in [0.05, 0.1) is 13.2 Å². The van der Waals surface area contributed by atoms with Crippen LogP contribution in [0.5, 0.6) is 5.75 Å². The zero-order chi connectivity index (χ0) is 21.1. The summed E-state index contributed by atoms with van der Waals surface area (Å²) in [4.78, 5) is 9.36. The third-order valence-corrected chi connectivity index (χ3v) is 5.88. The Kier molecular flexibility index (Phi) is 10.3. The molecule has 0 radical (unpaired) electrons. The van der Waals surface area contributed by atoms with Crippen LogP contribution in [0, 0.1) is 0 Å². The van der Waals surface area contributed by atoms with Gasteiger partial charge in [-0.2, -0.15) is 0 Å². The van der Waals surface area contributed by atoms with Crippen molar-refractivity contribution in [2.75, 3.05) is 53.9 Å². The van der Waals surface area contributed by atoms with Crippen LogP contribution in [0.3, 0.4) is 0 Å². The first-order valence-electron chi connectivity index (χ1n) is 11.1. The minimum Gasteiger partial charge on any atom is -0.496 e. The highest BCUT2D eigenvalue weighted by atomic mass is 16.5. The molecule has 6 heteroatoms. The van der Waals surface area contributed by atoms with E-state index in [-0.39, 0.29) is 6.04 Å². The summed E-state index contributed by atoms with van der Waals surface area (Å²) in [6.45, 7) is 9.64. The molecular formula is C23H41N5O. The topological polar surface area (TPSA) is 52.1 Å². The molecule has 0 bridgehead atoms. The lowest BCUT2D eigenvalue weighted by atomic mass is 10.0. The molecule has 1 aromatic carbocycles. The van der Waals surface area contributed by atoms with Crippen LogP contribution >= 0.6 is 0 Å². The highest BCUT2D eigenvalue weighted by Gasteiger charge is 2.25. The molecule has 1 unspecified atom stereocenters. The molecule has 0 aromatic heterocycles. The first-order chi connectivity index (χ1) is 14.1. The average Bonchev–Trinajstić information content (AvgIpc) is 3.26. The SMILES string of the molecule is CN=C(NCCCCN(C)C(C)C)NCC(c1ccccc1OC)N1CCCC1. The number of nitrogens with zero attached hydrogens (tertiary/aromatic N) is 3. The number of rotatable bonds is 11. The minimum absolute atomic E-state index is 0.284. The smallest absolute Gasteiger partial charge is 0.191 e. The summed E-state index contributed by atoms with van der Waals surface area (Å²) in [5.74, 6) is 1.84. The van der Waals surface area contributed by atoms with Crippen LogP contribution in [-0.4, -0.2) is 75.7 Å². The van der Waals surface area contributed by atoms with Crippen molar-refractivity contribution in [3.05, 3.63) is 29.8 Å². The van der Waals surface area contributed by atoms with Crippen LogP contribution in [0.1, 0.15) is 51.1 Å². The van der Waals surface area contributed by atoms with Crippen molar-refractivity contribution >= 4 is 5.96 Å². The Morgan fingerprint density at radius 1 is 1.17 bits per heavy atom. The monoisotopic (exact) mass is 403 g/mol. The van der Waals surface area contributed by atoms with Crippen molar-refractivity contribution in [2.24, 2.45) is 4.99 Å². The van der Waals surface area contributed by atoms with E-state index in [0.29, 0.717) is 6.04 Å². The highest BCUT2D eigenvalue weighted by Crippen LogP contribution is 2.31. The Hall–Kier alpha value is -1.79. The fraction of sp³-hybridized carbons (Fsp3) is 0.696. The van der Waals surface area contributed by atoms with Gasteiger partial charge in [-0.05, 0) is 72.3 Å². The standard InChI is InChI=1S/C23H41N5O/c1-19(2)27(4)15-9-8-14-25-23(24-3)26-18-21(28-16-10-11-17-28)20-12-6-7-13-22(20)29-5/h6-7,12-13,19,21H,8-11,14-18H2,1-5H3,(H2,24,25,26). The van der Waals surface area contributed by atoms with E-state index in [9.17, 15) is 0 Å². The zero-order valence-corrected chi connectivity index (χ0v) is 19.1. The molecule has 0 saturated carbocycles. The molecule has 164 valence electrons. The van der Waals surface area contributed by atoms with E-state index in [1.165, 1.54) is 24.8 Å². The fourth-order valence-electron chi connectivity index (χ4n) is 3.80. The van der Waals surface area contributed by atoms with E-state index < -0.39 is 0 Å².